The van der Waals surface area contributed by atoms with E-state index in [9.17, 15) is 19.7 Å². The van der Waals surface area contributed by atoms with Crippen molar-refractivity contribution in [2.75, 3.05) is 6.61 Å². The maximum Gasteiger partial charge on any atom is 0.433 e. The molecule has 0 fully saturated rings. The Morgan fingerprint density at radius 2 is 1.92 bits per heavy atom. The minimum atomic E-state index is -0.938. The van der Waals surface area contributed by atoms with E-state index in [0.717, 1.165) is 23.3 Å². The van der Waals surface area contributed by atoms with Crippen molar-refractivity contribution in [1.82, 2.24) is 5.32 Å². The summed E-state index contributed by atoms with van der Waals surface area (Å²) in [5, 5.41) is 13.3. The summed E-state index contributed by atoms with van der Waals surface area (Å²) in [6.07, 6.45) is 0.674. The normalized spacial score (nSPS) is 11.6. The van der Waals surface area contributed by atoms with Gasteiger partial charge in [-0.1, -0.05) is 36.8 Å². The Hall–Kier alpha value is -3.16. The fourth-order valence-electron chi connectivity index (χ4n) is 2.19. The van der Waals surface area contributed by atoms with Gasteiger partial charge in [-0.25, -0.2) is 4.79 Å². The SMILES string of the molecule is CC[C@H](NC(=O)COC(=O)c1ccc([N+](=O)[O-])o1)c1ccc(C)cc1. The van der Waals surface area contributed by atoms with Gasteiger partial charge in [0.25, 0.3) is 5.91 Å². The van der Waals surface area contributed by atoms with Gasteiger partial charge in [0.15, 0.2) is 6.61 Å². The highest BCUT2D eigenvalue weighted by molar-refractivity contribution is 5.89. The minimum absolute atomic E-state index is 0.198. The molecule has 0 saturated carbocycles. The first-order chi connectivity index (χ1) is 11.9. The molecule has 0 aliphatic rings. The van der Waals surface area contributed by atoms with Crippen molar-refractivity contribution < 1.29 is 23.7 Å². The van der Waals surface area contributed by atoms with Crippen LogP contribution >= 0.6 is 0 Å². The number of amides is 1. The molecule has 1 atom stereocenters. The van der Waals surface area contributed by atoms with Gasteiger partial charge < -0.3 is 14.5 Å². The lowest BCUT2D eigenvalue weighted by atomic mass is 10.0. The third-order valence-corrected chi connectivity index (χ3v) is 3.53. The van der Waals surface area contributed by atoms with Crippen LogP contribution in [0.3, 0.4) is 0 Å². The molecule has 2 rings (SSSR count). The molecule has 8 heteroatoms. The van der Waals surface area contributed by atoms with Gasteiger partial charge in [-0.05, 0) is 25.0 Å². The van der Waals surface area contributed by atoms with Gasteiger partial charge in [-0.15, -0.1) is 0 Å². The van der Waals surface area contributed by atoms with E-state index in [-0.39, 0.29) is 11.8 Å². The van der Waals surface area contributed by atoms with Crippen LogP contribution in [0.25, 0.3) is 0 Å². The van der Waals surface area contributed by atoms with Gasteiger partial charge >= 0.3 is 11.9 Å². The van der Waals surface area contributed by atoms with Gasteiger partial charge in [-0.3, -0.25) is 14.9 Å². The number of carbonyl (C=O) groups is 2. The highest BCUT2D eigenvalue weighted by atomic mass is 16.7. The van der Waals surface area contributed by atoms with E-state index in [1.54, 1.807) is 0 Å². The first-order valence-corrected chi connectivity index (χ1v) is 7.68. The molecular formula is C17H18N2O6. The fourth-order valence-corrected chi connectivity index (χ4v) is 2.19. The molecule has 0 spiro atoms. The Morgan fingerprint density at radius 1 is 1.24 bits per heavy atom. The molecule has 132 valence electrons. The van der Waals surface area contributed by atoms with E-state index in [2.05, 4.69) is 5.32 Å². The van der Waals surface area contributed by atoms with Crippen molar-refractivity contribution in [1.29, 1.82) is 0 Å². The standard InChI is InChI=1S/C17H18N2O6/c1-3-13(12-6-4-11(2)5-7-12)18-15(20)10-24-17(21)14-8-9-16(25-14)19(22)23/h4-9,13H,3,10H2,1-2H3,(H,18,20)/t13-/m0/s1. The first-order valence-electron chi connectivity index (χ1n) is 7.68. The average Bonchev–Trinajstić information content (AvgIpc) is 3.09. The summed E-state index contributed by atoms with van der Waals surface area (Å²) < 4.78 is 9.53. The van der Waals surface area contributed by atoms with Gasteiger partial charge in [0.1, 0.15) is 4.92 Å². The number of carbonyl (C=O) groups excluding carboxylic acids is 2. The number of hydrogen-bond acceptors (Lipinski definition) is 6. The lowest BCUT2D eigenvalue weighted by Gasteiger charge is -2.17. The van der Waals surface area contributed by atoms with Crippen molar-refractivity contribution >= 4 is 17.8 Å². The average molecular weight is 346 g/mol. The Labute approximate surface area is 143 Å². The summed E-state index contributed by atoms with van der Waals surface area (Å²) in [7, 11) is 0. The molecule has 0 radical (unpaired) electrons. The summed E-state index contributed by atoms with van der Waals surface area (Å²) in [6.45, 7) is 3.40. The van der Waals surface area contributed by atoms with E-state index in [4.69, 9.17) is 9.15 Å². The van der Waals surface area contributed by atoms with Gasteiger partial charge in [0.2, 0.25) is 5.76 Å². The van der Waals surface area contributed by atoms with Gasteiger partial charge in [0, 0.05) is 0 Å². The number of hydrogen-bond donors (Lipinski definition) is 1. The largest absolute Gasteiger partial charge is 0.450 e. The Morgan fingerprint density at radius 3 is 2.48 bits per heavy atom. The number of aryl methyl sites for hydroxylation is 1. The molecular weight excluding hydrogens is 328 g/mol. The van der Waals surface area contributed by atoms with Crippen LogP contribution in [0, 0.1) is 17.0 Å². The second kappa shape index (κ2) is 8.09. The zero-order chi connectivity index (χ0) is 18.4. The van der Waals surface area contributed by atoms with E-state index in [1.165, 1.54) is 0 Å². The molecule has 0 aliphatic heterocycles. The molecule has 1 N–H and O–H groups in total. The van der Waals surface area contributed by atoms with Crippen molar-refractivity contribution in [2.24, 2.45) is 0 Å². The van der Waals surface area contributed by atoms with Crippen molar-refractivity contribution in [3.8, 4) is 0 Å². The molecule has 0 saturated heterocycles. The van der Waals surface area contributed by atoms with Crippen LogP contribution in [-0.2, 0) is 9.53 Å². The maximum atomic E-state index is 12.0. The van der Waals surface area contributed by atoms with Crippen molar-refractivity contribution in [3.05, 3.63) is 63.4 Å². The predicted octanol–water partition coefficient (Wildman–Crippen LogP) is 2.92. The Bertz CT molecular complexity index is 766. The summed E-state index contributed by atoms with van der Waals surface area (Å²) >= 11 is 0. The van der Waals surface area contributed by atoms with Crippen LogP contribution in [0.2, 0.25) is 0 Å². The molecule has 8 nitrogen and oxygen atoms in total. The topological polar surface area (TPSA) is 112 Å². The molecule has 0 aliphatic carbocycles. The number of nitrogens with one attached hydrogen (secondary N) is 1. The number of furan rings is 1. The smallest absolute Gasteiger partial charge is 0.433 e. The molecule has 1 aromatic carbocycles. The van der Waals surface area contributed by atoms with Gasteiger partial charge in [-0.2, -0.15) is 0 Å². The molecule has 1 aromatic heterocycles. The molecule has 2 aromatic rings. The van der Waals surface area contributed by atoms with Crippen LogP contribution in [0.1, 0.15) is 41.1 Å². The molecule has 0 unspecified atom stereocenters. The molecule has 25 heavy (non-hydrogen) atoms. The second-order valence-electron chi connectivity index (χ2n) is 5.41. The summed E-state index contributed by atoms with van der Waals surface area (Å²) in [5.41, 5.74) is 2.07. The summed E-state index contributed by atoms with van der Waals surface area (Å²) in [4.78, 5) is 33.4. The quantitative estimate of drug-likeness (QED) is 0.469. The third-order valence-electron chi connectivity index (χ3n) is 3.53. The Kier molecular flexibility index (Phi) is 5.89. The number of nitrogens with zero attached hydrogens (tertiary/aromatic N) is 1. The maximum absolute atomic E-state index is 12.0. The number of rotatable bonds is 7. The van der Waals surface area contributed by atoms with E-state index in [0.29, 0.717) is 6.42 Å². The predicted molar refractivity (Wildman–Crippen MR) is 88.0 cm³/mol. The van der Waals surface area contributed by atoms with Gasteiger partial charge in [0.05, 0.1) is 12.1 Å². The summed E-state index contributed by atoms with van der Waals surface area (Å²) in [5.74, 6) is -2.31. The lowest BCUT2D eigenvalue weighted by Crippen LogP contribution is -2.32. The van der Waals surface area contributed by atoms with Crippen LogP contribution in [0.4, 0.5) is 5.88 Å². The number of benzene rings is 1. The highest BCUT2D eigenvalue weighted by Crippen LogP contribution is 2.18. The van der Waals surface area contributed by atoms with Crippen LogP contribution in [-0.4, -0.2) is 23.4 Å². The monoisotopic (exact) mass is 346 g/mol. The van der Waals surface area contributed by atoms with Crippen LogP contribution in [0.5, 0.6) is 0 Å². The second-order valence-corrected chi connectivity index (χ2v) is 5.41. The highest BCUT2D eigenvalue weighted by Gasteiger charge is 2.20. The number of esters is 1. The molecule has 1 amide bonds. The van der Waals surface area contributed by atoms with Crippen molar-refractivity contribution in [3.63, 3.8) is 0 Å². The van der Waals surface area contributed by atoms with E-state index in [1.807, 2.05) is 38.1 Å². The third kappa shape index (κ3) is 4.90. The zero-order valence-electron chi connectivity index (χ0n) is 13.9. The zero-order valence-corrected chi connectivity index (χ0v) is 13.9. The van der Waals surface area contributed by atoms with Crippen LogP contribution in [0.15, 0.2) is 40.8 Å². The lowest BCUT2D eigenvalue weighted by molar-refractivity contribution is -0.402. The number of ether oxygens (including phenoxy) is 1. The van der Waals surface area contributed by atoms with Crippen LogP contribution < -0.4 is 5.32 Å². The van der Waals surface area contributed by atoms with E-state index < -0.39 is 29.3 Å². The molecule has 1 heterocycles. The molecule has 0 bridgehead atoms. The number of nitro groups is 1. The minimum Gasteiger partial charge on any atom is -0.450 e. The van der Waals surface area contributed by atoms with Crippen molar-refractivity contribution in [2.45, 2.75) is 26.3 Å². The fraction of sp³-hybridized carbons (Fsp3) is 0.294. The Balaban J connectivity index is 1.89. The van der Waals surface area contributed by atoms with E-state index >= 15 is 0 Å². The first kappa shape index (κ1) is 18.2. The summed E-state index contributed by atoms with van der Waals surface area (Å²) in [6, 6.07) is 9.73.